The lowest BCUT2D eigenvalue weighted by Crippen LogP contribution is -2.10. The van der Waals surface area contributed by atoms with E-state index in [4.69, 9.17) is 5.73 Å². The van der Waals surface area contributed by atoms with E-state index in [2.05, 4.69) is 69.3 Å². The minimum atomic E-state index is 0.177. The van der Waals surface area contributed by atoms with Crippen LogP contribution in [0.3, 0.4) is 0 Å². The molecule has 0 heterocycles. The van der Waals surface area contributed by atoms with E-state index >= 15 is 0 Å². The topological polar surface area (TPSA) is 26.0 Å². The van der Waals surface area contributed by atoms with Crippen LogP contribution in [0.1, 0.15) is 26.3 Å². The summed E-state index contributed by atoms with van der Waals surface area (Å²) in [5, 5.41) is 2.33. The molecule has 0 bridgehead atoms. The van der Waals surface area contributed by atoms with Crippen molar-refractivity contribution in [3.8, 4) is 11.1 Å². The van der Waals surface area contributed by atoms with E-state index in [0.717, 1.165) is 11.1 Å². The fourth-order valence-corrected chi connectivity index (χ4v) is 2.76. The highest BCUT2D eigenvalue weighted by atomic mass is 14.5. The SMILES string of the molecule is CC(C)(C)c1ccc(-c2cccc3cccc(N)c23)cc1. The number of rotatable bonds is 1. The van der Waals surface area contributed by atoms with Crippen molar-refractivity contribution < 1.29 is 0 Å². The van der Waals surface area contributed by atoms with Crippen LogP contribution < -0.4 is 5.73 Å². The van der Waals surface area contributed by atoms with Crippen LogP contribution in [0.15, 0.2) is 60.7 Å². The highest BCUT2D eigenvalue weighted by Crippen LogP contribution is 2.33. The van der Waals surface area contributed by atoms with Crippen LogP contribution in [0.2, 0.25) is 0 Å². The lowest BCUT2D eigenvalue weighted by atomic mass is 9.86. The largest absolute Gasteiger partial charge is 0.398 e. The summed E-state index contributed by atoms with van der Waals surface area (Å²) < 4.78 is 0. The fraction of sp³-hybridized carbons (Fsp3) is 0.200. The van der Waals surface area contributed by atoms with Gasteiger partial charge in [-0.2, -0.15) is 0 Å². The van der Waals surface area contributed by atoms with Crippen molar-refractivity contribution in [3.05, 3.63) is 66.2 Å². The lowest BCUT2D eigenvalue weighted by Gasteiger charge is -2.19. The maximum atomic E-state index is 6.19. The van der Waals surface area contributed by atoms with Crippen molar-refractivity contribution in [2.45, 2.75) is 26.2 Å². The van der Waals surface area contributed by atoms with Crippen molar-refractivity contribution in [1.29, 1.82) is 0 Å². The zero-order valence-electron chi connectivity index (χ0n) is 12.9. The molecule has 106 valence electrons. The minimum absolute atomic E-state index is 0.177. The van der Waals surface area contributed by atoms with Gasteiger partial charge in [0.25, 0.3) is 0 Å². The summed E-state index contributed by atoms with van der Waals surface area (Å²) in [5.74, 6) is 0. The molecule has 3 aromatic rings. The highest BCUT2D eigenvalue weighted by Gasteiger charge is 2.13. The molecular formula is C20H21N. The molecule has 0 atom stereocenters. The number of anilines is 1. The van der Waals surface area contributed by atoms with Crippen LogP contribution in [0.4, 0.5) is 5.69 Å². The first-order chi connectivity index (χ1) is 9.97. The summed E-state index contributed by atoms with van der Waals surface area (Å²) in [5.41, 5.74) is 11.0. The van der Waals surface area contributed by atoms with Gasteiger partial charge in [0.1, 0.15) is 0 Å². The molecule has 0 aliphatic heterocycles. The normalized spacial score (nSPS) is 11.8. The second kappa shape index (κ2) is 4.92. The number of benzene rings is 3. The summed E-state index contributed by atoms with van der Waals surface area (Å²) in [4.78, 5) is 0. The van der Waals surface area contributed by atoms with Crippen LogP contribution >= 0.6 is 0 Å². The van der Waals surface area contributed by atoms with E-state index in [-0.39, 0.29) is 5.41 Å². The van der Waals surface area contributed by atoms with Crippen LogP contribution in [-0.4, -0.2) is 0 Å². The van der Waals surface area contributed by atoms with Gasteiger partial charge in [0.2, 0.25) is 0 Å². The smallest absolute Gasteiger partial charge is 0.0400 e. The molecule has 0 radical (unpaired) electrons. The van der Waals surface area contributed by atoms with Crippen LogP contribution in [0, 0.1) is 0 Å². The van der Waals surface area contributed by atoms with E-state index in [1.54, 1.807) is 0 Å². The Morgan fingerprint density at radius 1 is 0.762 bits per heavy atom. The van der Waals surface area contributed by atoms with E-state index in [9.17, 15) is 0 Å². The minimum Gasteiger partial charge on any atom is -0.398 e. The molecule has 0 aliphatic rings. The summed E-state index contributed by atoms with van der Waals surface area (Å²) in [6.45, 7) is 6.70. The van der Waals surface area contributed by atoms with Gasteiger partial charge in [-0.25, -0.2) is 0 Å². The molecule has 1 nitrogen and oxygen atoms in total. The Balaban J connectivity index is 2.17. The average Bonchev–Trinajstić information content (AvgIpc) is 2.46. The highest BCUT2D eigenvalue weighted by molar-refractivity contribution is 6.04. The summed E-state index contributed by atoms with van der Waals surface area (Å²) >= 11 is 0. The van der Waals surface area contributed by atoms with Gasteiger partial charge < -0.3 is 5.73 Å². The number of fused-ring (bicyclic) bond motifs is 1. The Morgan fingerprint density at radius 2 is 1.38 bits per heavy atom. The van der Waals surface area contributed by atoms with E-state index in [1.807, 2.05) is 12.1 Å². The Kier molecular flexibility index (Phi) is 3.21. The summed E-state index contributed by atoms with van der Waals surface area (Å²) in [6.07, 6.45) is 0. The molecule has 1 heteroatoms. The molecule has 0 saturated heterocycles. The summed E-state index contributed by atoms with van der Waals surface area (Å²) in [7, 11) is 0. The zero-order valence-corrected chi connectivity index (χ0v) is 12.9. The molecule has 21 heavy (non-hydrogen) atoms. The van der Waals surface area contributed by atoms with Gasteiger partial charge in [0.05, 0.1) is 0 Å². The molecule has 2 N–H and O–H groups in total. The maximum absolute atomic E-state index is 6.19. The van der Waals surface area contributed by atoms with Crippen molar-refractivity contribution in [1.82, 2.24) is 0 Å². The van der Waals surface area contributed by atoms with Gasteiger partial charge >= 0.3 is 0 Å². The standard InChI is InChI=1S/C20H21N/c1-20(2,3)16-12-10-14(11-13-16)17-8-4-6-15-7-5-9-18(21)19(15)17/h4-13H,21H2,1-3H3. The Labute approximate surface area is 126 Å². The number of hydrogen-bond acceptors (Lipinski definition) is 1. The number of nitrogens with two attached hydrogens (primary N) is 1. The first kappa shape index (κ1) is 13.7. The fourth-order valence-electron chi connectivity index (χ4n) is 2.76. The van der Waals surface area contributed by atoms with Gasteiger partial charge in [-0.3, -0.25) is 0 Å². The first-order valence-corrected chi connectivity index (χ1v) is 7.35. The number of hydrogen-bond donors (Lipinski definition) is 1. The van der Waals surface area contributed by atoms with Crippen LogP contribution in [0.25, 0.3) is 21.9 Å². The van der Waals surface area contributed by atoms with Gasteiger partial charge in [0.15, 0.2) is 0 Å². The van der Waals surface area contributed by atoms with Crippen molar-refractivity contribution in [3.63, 3.8) is 0 Å². The predicted molar refractivity (Wildman–Crippen MR) is 92.5 cm³/mol. The van der Waals surface area contributed by atoms with Crippen molar-refractivity contribution in [2.75, 3.05) is 5.73 Å². The maximum Gasteiger partial charge on any atom is 0.0400 e. The molecular weight excluding hydrogens is 254 g/mol. The third kappa shape index (κ3) is 2.52. The van der Waals surface area contributed by atoms with Crippen LogP contribution in [0.5, 0.6) is 0 Å². The number of nitrogen functional groups attached to an aromatic ring is 1. The molecule has 3 aromatic carbocycles. The predicted octanol–water partition coefficient (Wildman–Crippen LogP) is 5.39. The molecule has 0 saturated carbocycles. The third-order valence-electron chi connectivity index (χ3n) is 4.00. The molecule has 0 spiro atoms. The monoisotopic (exact) mass is 275 g/mol. The van der Waals surface area contributed by atoms with Gasteiger partial charge in [-0.05, 0) is 33.6 Å². The summed E-state index contributed by atoms with van der Waals surface area (Å²) in [6, 6.07) is 21.3. The van der Waals surface area contributed by atoms with Gasteiger partial charge in [-0.15, -0.1) is 0 Å². The Hall–Kier alpha value is -2.28. The van der Waals surface area contributed by atoms with Crippen LogP contribution in [-0.2, 0) is 5.41 Å². The quantitative estimate of drug-likeness (QED) is 0.592. The third-order valence-corrected chi connectivity index (χ3v) is 4.00. The second-order valence-corrected chi connectivity index (χ2v) is 6.58. The van der Waals surface area contributed by atoms with Gasteiger partial charge in [0, 0.05) is 11.1 Å². The molecule has 0 amide bonds. The first-order valence-electron chi connectivity index (χ1n) is 7.35. The molecule has 0 aliphatic carbocycles. The van der Waals surface area contributed by atoms with E-state index in [0.29, 0.717) is 0 Å². The molecule has 0 fully saturated rings. The average molecular weight is 275 g/mol. The zero-order chi connectivity index (χ0) is 15.0. The lowest BCUT2D eigenvalue weighted by molar-refractivity contribution is 0.590. The second-order valence-electron chi connectivity index (χ2n) is 6.58. The van der Waals surface area contributed by atoms with Gasteiger partial charge in [-0.1, -0.05) is 75.4 Å². The van der Waals surface area contributed by atoms with E-state index < -0.39 is 0 Å². The Morgan fingerprint density at radius 3 is 2.00 bits per heavy atom. The Bertz CT molecular complexity index is 772. The molecule has 0 aromatic heterocycles. The molecule has 3 rings (SSSR count). The van der Waals surface area contributed by atoms with Crippen molar-refractivity contribution in [2.24, 2.45) is 0 Å². The van der Waals surface area contributed by atoms with E-state index in [1.165, 1.54) is 22.1 Å². The van der Waals surface area contributed by atoms with Crippen molar-refractivity contribution >= 4 is 16.5 Å². The molecule has 0 unspecified atom stereocenters.